The third kappa shape index (κ3) is 4.17. The molecule has 8 nitrogen and oxygen atoms in total. The van der Waals surface area contributed by atoms with E-state index in [1.165, 1.54) is 0 Å². The third-order valence-electron chi connectivity index (χ3n) is 3.92. The summed E-state index contributed by atoms with van der Waals surface area (Å²) < 4.78 is 11.5. The number of carbonyl (C=O) groups is 3. The van der Waals surface area contributed by atoms with E-state index >= 15 is 0 Å². The fourth-order valence-electron chi connectivity index (χ4n) is 2.76. The normalized spacial score (nSPS) is 10.5. The van der Waals surface area contributed by atoms with Gasteiger partial charge in [0.25, 0.3) is 5.91 Å². The van der Waals surface area contributed by atoms with Gasteiger partial charge in [0.2, 0.25) is 0 Å². The van der Waals surface area contributed by atoms with E-state index in [1.54, 1.807) is 25.1 Å². The lowest BCUT2D eigenvalue weighted by Gasteiger charge is -2.07. The zero-order valence-electron chi connectivity index (χ0n) is 15.5. The quantitative estimate of drug-likeness (QED) is 0.682. The van der Waals surface area contributed by atoms with Gasteiger partial charge in [0.15, 0.2) is 6.61 Å². The number of hydrogen-bond acceptors (Lipinski definition) is 6. The summed E-state index contributed by atoms with van der Waals surface area (Å²) in [5.74, 6) is -0.676. The van der Waals surface area contributed by atoms with Gasteiger partial charge in [-0.1, -0.05) is 18.2 Å². The number of imidazole rings is 1. The molecule has 0 radical (unpaired) electrons. The molecular weight excluding hydrogens is 362 g/mol. The number of para-hydroxylation sites is 1. The minimum atomic E-state index is -0.883. The number of amides is 2. The van der Waals surface area contributed by atoms with Gasteiger partial charge in [0.05, 0.1) is 23.2 Å². The van der Waals surface area contributed by atoms with Gasteiger partial charge in [0, 0.05) is 5.69 Å². The van der Waals surface area contributed by atoms with Crippen LogP contribution in [0.25, 0.3) is 16.7 Å². The molecule has 3 rings (SSSR count). The molecule has 8 heteroatoms. The summed E-state index contributed by atoms with van der Waals surface area (Å²) in [5.41, 5.74) is 2.70. The van der Waals surface area contributed by atoms with Crippen molar-refractivity contribution in [2.24, 2.45) is 0 Å². The van der Waals surface area contributed by atoms with Crippen LogP contribution in [-0.4, -0.2) is 40.7 Å². The van der Waals surface area contributed by atoms with Crippen molar-refractivity contribution in [1.82, 2.24) is 14.9 Å². The molecule has 0 bridgehead atoms. The lowest BCUT2D eigenvalue weighted by Crippen LogP contribution is -2.34. The average molecular weight is 381 g/mol. The molecule has 0 saturated heterocycles. The number of carbonyl (C=O) groups excluding carboxylic acids is 3. The first-order valence-electron chi connectivity index (χ1n) is 8.68. The molecule has 1 heterocycles. The number of imide groups is 1. The molecule has 0 unspecified atom stereocenters. The molecule has 0 spiro atoms. The van der Waals surface area contributed by atoms with Crippen LogP contribution >= 0.6 is 0 Å². The van der Waals surface area contributed by atoms with Crippen molar-refractivity contribution < 1.29 is 23.9 Å². The Balaban J connectivity index is 1.73. The molecule has 2 amide bonds. The summed E-state index contributed by atoms with van der Waals surface area (Å²) >= 11 is 0. The number of nitrogens with one attached hydrogen (secondary N) is 1. The Morgan fingerprint density at radius 2 is 1.82 bits per heavy atom. The number of hydrogen-bond donors (Lipinski definition) is 1. The van der Waals surface area contributed by atoms with Crippen molar-refractivity contribution in [2.45, 2.75) is 13.8 Å². The average Bonchev–Trinajstić information content (AvgIpc) is 3.01. The standard InChI is InChI=1S/C20H19N3O5/c1-3-27-20(26)22-18(24)12-28-19(25)14-9-10-17-16(11-14)21-13(2)23(17)15-7-5-4-6-8-15/h4-11H,3,12H2,1-2H3,(H,22,24,26). The van der Waals surface area contributed by atoms with Crippen molar-refractivity contribution in [2.75, 3.05) is 13.2 Å². The number of ether oxygens (including phenoxy) is 2. The first-order chi connectivity index (χ1) is 13.5. The number of rotatable bonds is 5. The Kier molecular flexibility index (Phi) is 5.69. The maximum atomic E-state index is 12.2. The van der Waals surface area contributed by atoms with Gasteiger partial charge in [-0.15, -0.1) is 0 Å². The summed E-state index contributed by atoms with van der Waals surface area (Å²) in [5, 5.41) is 1.95. The van der Waals surface area contributed by atoms with Crippen molar-refractivity contribution in [3.63, 3.8) is 0 Å². The molecule has 0 aliphatic carbocycles. The Morgan fingerprint density at radius 3 is 2.54 bits per heavy atom. The first kappa shape index (κ1) is 19.1. The maximum absolute atomic E-state index is 12.2. The lowest BCUT2D eigenvalue weighted by molar-refractivity contribution is -0.123. The van der Waals surface area contributed by atoms with Crippen molar-refractivity contribution in [3.8, 4) is 5.69 Å². The third-order valence-corrected chi connectivity index (χ3v) is 3.92. The zero-order chi connectivity index (χ0) is 20.1. The summed E-state index contributed by atoms with van der Waals surface area (Å²) in [7, 11) is 0. The fourth-order valence-corrected chi connectivity index (χ4v) is 2.76. The van der Waals surface area contributed by atoms with Gasteiger partial charge >= 0.3 is 12.1 Å². The molecule has 1 aromatic heterocycles. The van der Waals surface area contributed by atoms with E-state index in [1.807, 2.05) is 47.1 Å². The van der Waals surface area contributed by atoms with Gasteiger partial charge in [-0.05, 0) is 44.2 Å². The number of alkyl carbamates (subject to hydrolysis) is 1. The maximum Gasteiger partial charge on any atom is 0.413 e. The van der Waals surface area contributed by atoms with Gasteiger partial charge < -0.3 is 9.47 Å². The van der Waals surface area contributed by atoms with E-state index in [0.29, 0.717) is 5.52 Å². The van der Waals surface area contributed by atoms with E-state index in [2.05, 4.69) is 9.72 Å². The molecule has 0 fully saturated rings. The highest BCUT2D eigenvalue weighted by Crippen LogP contribution is 2.22. The van der Waals surface area contributed by atoms with E-state index in [0.717, 1.165) is 17.0 Å². The summed E-state index contributed by atoms with van der Waals surface area (Å²) in [4.78, 5) is 39.5. The number of fused-ring (bicyclic) bond motifs is 1. The molecule has 3 aromatic rings. The minimum absolute atomic E-state index is 0.133. The number of aromatic nitrogens is 2. The fraction of sp³-hybridized carbons (Fsp3) is 0.200. The molecule has 28 heavy (non-hydrogen) atoms. The highest BCUT2D eigenvalue weighted by molar-refractivity contribution is 5.97. The predicted octanol–water partition coefficient (Wildman–Crippen LogP) is 2.76. The van der Waals surface area contributed by atoms with Crippen LogP contribution in [0, 0.1) is 6.92 Å². The molecule has 0 aliphatic rings. The van der Waals surface area contributed by atoms with Crippen molar-refractivity contribution in [1.29, 1.82) is 0 Å². The molecule has 2 aromatic carbocycles. The van der Waals surface area contributed by atoms with Crippen LogP contribution in [0.4, 0.5) is 4.79 Å². The van der Waals surface area contributed by atoms with Gasteiger partial charge in [-0.3, -0.25) is 14.7 Å². The van der Waals surface area contributed by atoms with E-state index in [4.69, 9.17) is 4.74 Å². The smallest absolute Gasteiger partial charge is 0.413 e. The van der Waals surface area contributed by atoms with Gasteiger partial charge in [-0.2, -0.15) is 0 Å². The highest BCUT2D eigenvalue weighted by Gasteiger charge is 2.15. The number of esters is 1. The Hall–Kier alpha value is -3.68. The second-order valence-corrected chi connectivity index (χ2v) is 5.88. The summed E-state index contributed by atoms with van der Waals surface area (Å²) in [6.07, 6.45) is -0.883. The van der Waals surface area contributed by atoms with E-state index in [9.17, 15) is 14.4 Å². The Bertz CT molecular complexity index is 1030. The first-order valence-corrected chi connectivity index (χ1v) is 8.68. The van der Waals surface area contributed by atoms with E-state index in [-0.39, 0.29) is 12.2 Å². The molecule has 1 N–H and O–H groups in total. The number of benzene rings is 2. The minimum Gasteiger partial charge on any atom is -0.452 e. The van der Waals surface area contributed by atoms with Crippen LogP contribution in [0.15, 0.2) is 48.5 Å². The van der Waals surface area contributed by atoms with Crippen LogP contribution < -0.4 is 5.32 Å². The molecule has 0 atom stereocenters. The molecule has 0 aliphatic heterocycles. The summed E-state index contributed by atoms with van der Waals surface area (Å²) in [6, 6.07) is 14.7. The van der Waals surface area contributed by atoms with Crippen LogP contribution in [0.3, 0.4) is 0 Å². The zero-order valence-corrected chi connectivity index (χ0v) is 15.5. The molecular formula is C20H19N3O5. The van der Waals surface area contributed by atoms with Crippen LogP contribution in [-0.2, 0) is 14.3 Å². The predicted molar refractivity (Wildman–Crippen MR) is 101 cm³/mol. The van der Waals surface area contributed by atoms with Crippen molar-refractivity contribution >= 4 is 29.0 Å². The highest BCUT2D eigenvalue weighted by atomic mass is 16.6. The number of aryl methyl sites for hydroxylation is 1. The van der Waals surface area contributed by atoms with E-state index < -0.39 is 24.6 Å². The SMILES string of the molecule is CCOC(=O)NC(=O)COC(=O)c1ccc2c(c1)nc(C)n2-c1ccccc1. The molecule has 144 valence electrons. The second-order valence-electron chi connectivity index (χ2n) is 5.88. The summed E-state index contributed by atoms with van der Waals surface area (Å²) in [6.45, 7) is 3.03. The second kappa shape index (κ2) is 8.34. The van der Waals surface area contributed by atoms with Gasteiger partial charge in [-0.25, -0.2) is 14.6 Å². The topological polar surface area (TPSA) is 99.5 Å². The van der Waals surface area contributed by atoms with Crippen LogP contribution in [0.2, 0.25) is 0 Å². The van der Waals surface area contributed by atoms with Crippen LogP contribution in [0.5, 0.6) is 0 Å². The largest absolute Gasteiger partial charge is 0.452 e. The monoisotopic (exact) mass is 381 g/mol. The van der Waals surface area contributed by atoms with Crippen molar-refractivity contribution in [3.05, 3.63) is 59.9 Å². The Morgan fingerprint density at radius 1 is 1.07 bits per heavy atom. The van der Waals surface area contributed by atoms with Gasteiger partial charge in [0.1, 0.15) is 5.82 Å². The lowest BCUT2D eigenvalue weighted by atomic mass is 10.2. The molecule has 0 saturated carbocycles. The Labute approximate surface area is 161 Å². The number of nitrogens with zero attached hydrogens (tertiary/aromatic N) is 2. The van der Waals surface area contributed by atoms with Crippen LogP contribution in [0.1, 0.15) is 23.1 Å².